The van der Waals surface area contributed by atoms with Gasteiger partial charge in [-0.05, 0) is 34.5 Å². The van der Waals surface area contributed by atoms with Gasteiger partial charge in [-0.25, -0.2) is 13.1 Å². The highest BCUT2D eigenvalue weighted by atomic mass is 79.9. The minimum Gasteiger partial charge on any atom is -0.355 e. The van der Waals surface area contributed by atoms with E-state index >= 15 is 0 Å². The molecule has 98 valence electrons. The van der Waals surface area contributed by atoms with Crippen molar-refractivity contribution in [2.75, 3.05) is 6.54 Å². The van der Waals surface area contributed by atoms with E-state index in [1.54, 1.807) is 18.2 Å². The topological polar surface area (TPSA) is 75.3 Å². The number of rotatable bonds is 3. The average molecular weight is 333 g/mol. The maximum Gasteiger partial charge on any atom is 0.242 e. The molecule has 1 saturated heterocycles. The van der Waals surface area contributed by atoms with Crippen LogP contribution in [0.5, 0.6) is 0 Å². The van der Waals surface area contributed by atoms with Crippen LogP contribution in [0.1, 0.15) is 12.8 Å². The van der Waals surface area contributed by atoms with Gasteiger partial charge in [-0.2, -0.15) is 0 Å². The number of benzene rings is 1. The summed E-state index contributed by atoms with van der Waals surface area (Å²) in [7, 11) is -3.56. The summed E-state index contributed by atoms with van der Waals surface area (Å²) in [6.07, 6.45) is 0.874. The van der Waals surface area contributed by atoms with E-state index in [9.17, 15) is 13.2 Å². The minimum atomic E-state index is -3.56. The van der Waals surface area contributed by atoms with Crippen LogP contribution >= 0.6 is 15.9 Å². The summed E-state index contributed by atoms with van der Waals surface area (Å²) in [5, 5.41) is 2.64. The predicted octanol–water partition coefficient (Wildman–Crippen LogP) is 1.01. The molecular formula is C11H13BrN2O3S. The number of piperidine rings is 1. The molecule has 2 N–H and O–H groups in total. The molecule has 0 spiro atoms. The molecule has 7 heteroatoms. The summed E-state index contributed by atoms with van der Waals surface area (Å²) in [4.78, 5) is 11.2. The Balaban J connectivity index is 2.13. The quantitative estimate of drug-likeness (QED) is 0.867. The van der Waals surface area contributed by atoms with Crippen LogP contribution < -0.4 is 10.0 Å². The van der Waals surface area contributed by atoms with Gasteiger partial charge in [-0.1, -0.05) is 12.1 Å². The maximum absolute atomic E-state index is 12.1. The Morgan fingerprint density at radius 1 is 1.33 bits per heavy atom. The van der Waals surface area contributed by atoms with Crippen LogP contribution in [0.25, 0.3) is 0 Å². The lowest BCUT2D eigenvalue weighted by Crippen LogP contribution is -2.47. The van der Waals surface area contributed by atoms with Crippen molar-refractivity contribution in [3.63, 3.8) is 0 Å². The first-order valence-electron chi connectivity index (χ1n) is 5.52. The number of hydrogen-bond donors (Lipinski definition) is 2. The molecule has 5 nitrogen and oxygen atoms in total. The first kappa shape index (κ1) is 13.5. The normalized spacial score (nSPS) is 20.5. The fourth-order valence-electron chi connectivity index (χ4n) is 1.78. The van der Waals surface area contributed by atoms with Gasteiger partial charge in [0, 0.05) is 23.5 Å². The van der Waals surface area contributed by atoms with Gasteiger partial charge in [0.1, 0.15) is 0 Å². The molecule has 1 fully saturated rings. The number of carbonyl (C=O) groups excluding carboxylic acids is 1. The zero-order valence-electron chi connectivity index (χ0n) is 9.52. The highest BCUT2D eigenvalue weighted by Gasteiger charge is 2.25. The van der Waals surface area contributed by atoms with Crippen LogP contribution in [-0.2, 0) is 14.8 Å². The molecule has 1 unspecified atom stereocenters. The summed E-state index contributed by atoms with van der Waals surface area (Å²) < 4.78 is 27.4. The first-order valence-corrected chi connectivity index (χ1v) is 7.80. The van der Waals surface area contributed by atoms with Gasteiger partial charge in [0.05, 0.1) is 4.90 Å². The van der Waals surface area contributed by atoms with Crippen molar-refractivity contribution in [3.05, 3.63) is 28.7 Å². The summed E-state index contributed by atoms with van der Waals surface area (Å²) in [5.41, 5.74) is 0. The molecule has 0 radical (unpaired) electrons. The third kappa shape index (κ3) is 3.09. The van der Waals surface area contributed by atoms with Crippen molar-refractivity contribution in [1.82, 2.24) is 10.0 Å². The number of halogens is 1. The molecule has 1 aromatic rings. The lowest BCUT2D eigenvalue weighted by atomic mass is 10.1. The second-order valence-electron chi connectivity index (χ2n) is 4.09. The van der Waals surface area contributed by atoms with Crippen LogP contribution in [0, 0.1) is 0 Å². The van der Waals surface area contributed by atoms with Crippen LogP contribution in [-0.4, -0.2) is 26.9 Å². The van der Waals surface area contributed by atoms with Crippen molar-refractivity contribution in [1.29, 1.82) is 0 Å². The SMILES string of the molecule is O=C1CCC(NS(=O)(=O)c2ccccc2Br)CN1. The summed E-state index contributed by atoms with van der Waals surface area (Å²) in [5.74, 6) is -0.0358. The Morgan fingerprint density at radius 3 is 2.67 bits per heavy atom. The molecule has 0 aromatic heterocycles. The highest BCUT2D eigenvalue weighted by molar-refractivity contribution is 9.10. The van der Waals surface area contributed by atoms with Gasteiger partial charge in [0.15, 0.2) is 0 Å². The van der Waals surface area contributed by atoms with Crippen LogP contribution in [0.3, 0.4) is 0 Å². The van der Waals surface area contributed by atoms with Gasteiger partial charge in [0.25, 0.3) is 0 Å². The van der Waals surface area contributed by atoms with E-state index in [4.69, 9.17) is 0 Å². The molecule has 1 heterocycles. The zero-order valence-corrected chi connectivity index (χ0v) is 11.9. The first-order chi connectivity index (χ1) is 8.49. The largest absolute Gasteiger partial charge is 0.355 e. The monoisotopic (exact) mass is 332 g/mol. The number of sulfonamides is 1. The number of hydrogen-bond acceptors (Lipinski definition) is 3. The van der Waals surface area contributed by atoms with Crippen molar-refractivity contribution >= 4 is 31.9 Å². The fourth-order valence-corrected chi connectivity index (χ4v) is 4.05. The van der Waals surface area contributed by atoms with Gasteiger partial charge in [-0.15, -0.1) is 0 Å². The Labute approximate surface area is 114 Å². The van der Waals surface area contributed by atoms with Crippen LogP contribution in [0.4, 0.5) is 0 Å². The molecule has 1 atom stereocenters. The van der Waals surface area contributed by atoms with E-state index in [1.165, 1.54) is 6.07 Å². The number of nitrogens with one attached hydrogen (secondary N) is 2. The molecule has 0 saturated carbocycles. The van der Waals surface area contributed by atoms with Gasteiger partial charge in [0.2, 0.25) is 15.9 Å². The molecule has 1 aliphatic rings. The highest BCUT2D eigenvalue weighted by Crippen LogP contribution is 2.21. The van der Waals surface area contributed by atoms with Gasteiger partial charge < -0.3 is 5.32 Å². The van der Waals surface area contributed by atoms with E-state index < -0.39 is 10.0 Å². The number of amides is 1. The zero-order chi connectivity index (χ0) is 13.2. The Morgan fingerprint density at radius 2 is 2.06 bits per heavy atom. The second-order valence-corrected chi connectivity index (χ2v) is 6.63. The van der Waals surface area contributed by atoms with E-state index in [2.05, 4.69) is 26.0 Å². The summed E-state index contributed by atoms with van der Waals surface area (Å²) in [6.45, 7) is 0.336. The Bertz CT molecular complexity index is 549. The molecule has 1 amide bonds. The smallest absolute Gasteiger partial charge is 0.242 e. The summed E-state index contributed by atoms with van der Waals surface area (Å²) in [6, 6.07) is 6.39. The molecule has 0 bridgehead atoms. The third-order valence-electron chi connectivity index (χ3n) is 2.71. The van der Waals surface area contributed by atoms with Crippen molar-refractivity contribution in [3.8, 4) is 0 Å². The molecular weight excluding hydrogens is 320 g/mol. The van der Waals surface area contributed by atoms with E-state index in [0.717, 1.165) is 0 Å². The van der Waals surface area contributed by atoms with Gasteiger partial charge in [-0.3, -0.25) is 4.79 Å². The average Bonchev–Trinajstić information content (AvgIpc) is 2.32. The number of carbonyl (C=O) groups is 1. The molecule has 0 aliphatic carbocycles. The lowest BCUT2D eigenvalue weighted by molar-refractivity contribution is -0.122. The maximum atomic E-state index is 12.1. The molecule has 1 aliphatic heterocycles. The van der Waals surface area contributed by atoms with Crippen molar-refractivity contribution < 1.29 is 13.2 Å². The predicted molar refractivity (Wildman–Crippen MR) is 70.5 cm³/mol. The Kier molecular flexibility index (Phi) is 4.04. The van der Waals surface area contributed by atoms with E-state index in [1.807, 2.05) is 0 Å². The Hall–Kier alpha value is -0.920. The third-order valence-corrected chi connectivity index (χ3v) is 5.25. The molecule has 1 aromatic carbocycles. The van der Waals surface area contributed by atoms with Crippen molar-refractivity contribution in [2.45, 2.75) is 23.8 Å². The van der Waals surface area contributed by atoms with Crippen LogP contribution in [0.2, 0.25) is 0 Å². The fraction of sp³-hybridized carbons (Fsp3) is 0.364. The molecule has 18 heavy (non-hydrogen) atoms. The van der Waals surface area contributed by atoms with Crippen molar-refractivity contribution in [2.24, 2.45) is 0 Å². The van der Waals surface area contributed by atoms with E-state index in [-0.39, 0.29) is 16.8 Å². The minimum absolute atomic E-state index is 0.0358. The second kappa shape index (κ2) is 5.38. The summed E-state index contributed by atoms with van der Waals surface area (Å²) >= 11 is 3.22. The molecule has 2 rings (SSSR count). The van der Waals surface area contributed by atoms with Gasteiger partial charge >= 0.3 is 0 Å². The van der Waals surface area contributed by atoms with E-state index in [0.29, 0.717) is 23.9 Å². The standard InChI is InChI=1S/C11H13BrN2O3S/c12-9-3-1-2-4-10(9)18(16,17)14-8-5-6-11(15)13-7-8/h1-4,8,14H,5-7H2,(H,13,15). The van der Waals surface area contributed by atoms with Crippen LogP contribution in [0.15, 0.2) is 33.6 Å². The lowest BCUT2D eigenvalue weighted by Gasteiger charge is -2.23.